The highest BCUT2D eigenvalue weighted by atomic mass is 35.5. The molecule has 1 aliphatic carbocycles. The van der Waals surface area contributed by atoms with Crippen molar-refractivity contribution < 1.29 is 18.4 Å². The predicted molar refractivity (Wildman–Crippen MR) is 121 cm³/mol. The predicted octanol–water partition coefficient (Wildman–Crippen LogP) is 5.70. The minimum atomic E-state index is -0.440. The van der Waals surface area contributed by atoms with Gasteiger partial charge in [-0.2, -0.15) is 0 Å². The molecule has 0 spiro atoms. The first kappa shape index (κ1) is 24.5. The molecule has 0 aromatic heterocycles. The van der Waals surface area contributed by atoms with Crippen molar-refractivity contribution in [2.24, 2.45) is 11.8 Å². The van der Waals surface area contributed by atoms with Crippen LogP contribution in [0.2, 0.25) is 10.0 Å². The van der Waals surface area contributed by atoms with Crippen molar-refractivity contribution in [1.82, 2.24) is 9.80 Å². The fourth-order valence-corrected chi connectivity index (χ4v) is 4.65. The summed E-state index contributed by atoms with van der Waals surface area (Å²) in [5.74, 6) is -1.49. The molecule has 0 radical (unpaired) electrons. The van der Waals surface area contributed by atoms with Gasteiger partial charge in [-0.1, -0.05) is 35.3 Å². The molecule has 0 bridgehead atoms. The molecular weight excluding hydrogens is 457 g/mol. The van der Waals surface area contributed by atoms with Crippen LogP contribution in [0.5, 0.6) is 0 Å². The molecule has 32 heavy (non-hydrogen) atoms. The molecule has 0 atom stereocenters. The molecule has 1 fully saturated rings. The average molecular weight is 483 g/mol. The van der Waals surface area contributed by atoms with Gasteiger partial charge in [-0.05, 0) is 49.9 Å². The monoisotopic (exact) mass is 482 g/mol. The summed E-state index contributed by atoms with van der Waals surface area (Å²) >= 11 is 12.1. The molecule has 0 N–H and O–H groups in total. The van der Waals surface area contributed by atoms with Crippen LogP contribution in [0, 0.1) is 23.5 Å². The van der Waals surface area contributed by atoms with Gasteiger partial charge in [-0.15, -0.1) is 0 Å². The number of rotatable bonds is 6. The number of amides is 2. The van der Waals surface area contributed by atoms with E-state index in [9.17, 15) is 18.4 Å². The van der Waals surface area contributed by atoms with Crippen LogP contribution in [0.4, 0.5) is 8.78 Å². The number of hydrogen-bond acceptors (Lipinski definition) is 2. The highest BCUT2D eigenvalue weighted by molar-refractivity contribution is 6.31. The average Bonchev–Trinajstić information content (AvgIpc) is 2.77. The lowest BCUT2D eigenvalue weighted by atomic mass is 9.80. The number of hydrogen-bond donors (Lipinski definition) is 0. The zero-order valence-electron chi connectivity index (χ0n) is 18.1. The first-order valence-electron chi connectivity index (χ1n) is 10.5. The van der Waals surface area contributed by atoms with Gasteiger partial charge in [0.25, 0.3) is 0 Å². The fourth-order valence-electron chi connectivity index (χ4n) is 4.21. The second kappa shape index (κ2) is 10.6. The van der Waals surface area contributed by atoms with Crippen LogP contribution in [0.15, 0.2) is 36.4 Å². The van der Waals surface area contributed by atoms with Crippen LogP contribution in [0.25, 0.3) is 0 Å². The van der Waals surface area contributed by atoms with E-state index in [0.717, 1.165) is 0 Å². The summed E-state index contributed by atoms with van der Waals surface area (Å²) < 4.78 is 28.1. The Bertz CT molecular complexity index is 874. The number of halogens is 4. The van der Waals surface area contributed by atoms with Crippen LogP contribution in [-0.2, 0) is 22.7 Å². The Morgan fingerprint density at radius 1 is 0.781 bits per heavy atom. The molecule has 2 amide bonds. The van der Waals surface area contributed by atoms with Crippen molar-refractivity contribution in [1.29, 1.82) is 0 Å². The van der Waals surface area contributed by atoms with Gasteiger partial charge < -0.3 is 9.80 Å². The van der Waals surface area contributed by atoms with Crippen LogP contribution >= 0.6 is 23.2 Å². The minimum absolute atomic E-state index is 0.0817. The van der Waals surface area contributed by atoms with Gasteiger partial charge in [0, 0.05) is 60.2 Å². The van der Waals surface area contributed by atoms with E-state index in [-0.39, 0.29) is 46.8 Å². The summed E-state index contributed by atoms with van der Waals surface area (Å²) in [6.45, 7) is 0.185. The Morgan fingerprint density at radius 2 is 1.12 bits per heavy atom. The third-order valence-electron chi connectivity index (χ3n) is 6.09. The third kappa shape index (κ3) is 5.59. The lowest BCUT2D eigenvalue weighted by molar-refractivity contribution is -0.140. The maximum atomic E-state index is 14.0. The molecule has 0 heterocycles. The molecular formula is C24H26Cl2F2N2O2. The first-order valence-corrected chi connectivity index (χ1v) is 11.3. The van der Waals surface area contributed by atoms with Gasteiger partial charge in [0.2, 0.25) is 11.8 Å². The van der Waals surface area contributed by atoms with E-state index < -0.39 is 11.6 Å². The summed E-state index contributed by atoms with van der Waals surface area (Å²) in [6, 6.07) is 8.89. The van der Waals surface area contributed by atoms with Gasteiger partial charge in [0.15, 0.2) is 0 Å². The smallest absolute Gasteiger partial charge is 0.225 e. The standard InChI is InChI=1S/C24H26Cl2F2N2O2/c1-29(13-17-19(25)5-3-7-21(17)27)23(31)15-9-11-16(12-10-15)24(32)30(2)14-18-20(26)6-4-8-22(18)28/h3-8,15-16H,9-14H2,1-2H3. The van der Waals surface area contributed by atoms with E-state index in [1.807, 2.05) is 0 Å². The Morgan fingerprint density at radius 3 is 1.44 bits per heavy atom. The van der Waals surface area contributed by atoms with E-state index in [1.165, 1.54) is 34.1 Å². The molecule has 8 heteroatoms. The fraction of sp³-hybridized carbons (Fsp3) is 0.417. The molecule has 1 saturated carbocycles. The summed E-state index contributed by atoms with van der Waals surface area (Å²) in [6.07, 6.45) is 2.27. The van der Waals surface area contributed by atoms with E-state index in [4.69, 9.17) is 23.2 Å². The largest absolute Gasteiger partial charge is 0.341 e. The SMILES string of the molecule is CN(Cc1c(F)cccc1Cl)C(=O)C1CCC(C(=O)N(C)Cc2c(F)cccc2Cl)CC1. The number of nitrogens with zero attached hydrogens (tertiary/aromatic N) is 2. The summed E-state index contributed by atoms with van der Waals surface area (Å²) in [4.78, 5) is 28.7. The zero-order chi connectivity index (χ0) is 23.4. The molecule has 0 aliphatic heterocycles. The topological polar surface area (TPSA) is 40.6 Å². The lowest BCUT2D eigenvalue weighted by Gasteiger charge is -2.32. The van der Waals surface area contributed by atoms with E-state index in [2.05, 4.69) is 0 Å². The van der Waals surface area contributed by atoms with Gasteiger partial charge >= 0.3 is 0 Å². The van der Waals surface area contributed by atoms with Gasteiger partial charge in [0.05, 0.1) is 0 Å². The van der Waals surface area contributed by atoms with Gasteiger partial charge in [-0.3, -0.25) is 9.59 Å². The second-order valence-corrected chi connectivity index (χ2v) is 9.15. The van der Waals surface area contributed by atoms with E-state index >= 15 is 0 Å². The summed E-state index contributed by atoms with van der Waals surface area (Å²) in [7, 11) is 3.27. The van der Waals surface area contributed by atoms with E-state index in [0.29, 0.717) is 36.8 Å². The lowest BCUT2D eigenvalue weighted by Crippen LogP contribution is -2.38. The number of carbonyl (C=O) groups excluding carboxylic acids is 2. The quantitative estimate of drug-likeness (QED) is 0.530. The highest BCUT2D eigenvalue weighted by Gasteiger charge is 2.33. The second-order valence-electron chi connectivity index (χ2n) is 8.34. The van der Waals surface area contributed by atoms with Crippen LogP contribution in [-0.4, -0.2) is 35.7 Å². The molecule has 4 nitrogen and oxygen atoms in total. The van der Waals surface area contributed by atoms with Crippen LogP contribution in [0.3, 0.4) is 0 Å². The zero-order valence-corrected chi connectivity index (χ0v) is 19.6. The molecule has 3 rings (SSSR count). The molecule has 2 aromatic carbocycles. The van der Waals surface area contributed by atoms with Gasteiger partial charge in [0.1, 0.15) is 11.6 Å². The van der Waals surface area contributed by atoms with Crippen molar-refractivity contribution in [2.45, 2.75) is 38.8 Å². The Labute approximate surface area is 197 Å². The molecule has 0 unspecified atom stereocenters. The molecule has 172 valence electrons. The highest BCUT2D eigenvalue weighted by Crippen LogP contribution is 2.32. The summed E-state index contributed by atoms with van der Waals surface area (Å²) in [5.41, 5.74) is 0.588. The number of carbonyl (C=O) groups is 2. The Kier molecular flexibility index (Phi) is 8.12. The van der Waals surface area contributed by atoms with Crippen LogP contribution < -0.4 is 0 Å². The number of benzene rings is 2. The maximum Gasteiger partial charge on any atom is 0.225 e. The summed E-state index contributed by atoms with van der Waals surface area (Å²) in [5, 5.41) is 0.578. The minimum Gasteiger partial charge on any atom is -0.341 e. The Hall–Kier alpha value is -2.18. The van der Waals surface area contributed by atoms with Crippen molar-refractivity contribution in [3.05, 3.63) is 69.2 Å². The first-order chi connectivity index (χ1) is 15.2. The van der Waals surface area contributed by atoms with E-state index in [1.54, 1.807) is 26.2 Å². The van der Waals surface area contributed by atoms with Crippen molar-refractivity contribution in [3.8, 4) is 0 Å². The normalized spacial score (nSPS) is 18.3. The van der Waals surface area contributed by atoms with Gasteiger partial charge in [-0.25, -0.2) is 8.78 Å². The van der Waals surface area contributed by atoms with Crippen molar-refractivity contribution >= 4 is 35.0 Å². The Balaban J connectivity index is 1.54. The molecule has 1 aliphatic rings. The molecule has 2 aromatic rings. The van der Waals surface area contributed by atoms with Crippen molar-refractivity contribution in [3.63, 3.8) is 0 Å². The molecule has 0 saturated heterocycles. The maximum absolute atomic E-state index is 14.0. The third-order valence-corrected chi connectivity index (χ3v) is 6.80. The van der Waals surface area contributed by atoms with Crippen LogP contribution in [0.1, 0.15) is 36.8 Å². The van der Waals surface area contributed by atoms with Crippen molar-refractivity contribution in [2.75, 3.05) is 14.1 Å².